The monoisotopic (exact) mass is 353 g/mol. The van der Waals surface area contributed by atoms with Crippen LogP contribution in [-0.4, -0.2) is 11.9 Å². The van der Waals surface area contributed by atoms with Gasteiger partial charge in [0.05, 0.1) is 6.42 Å². The van der Waals surface area contributed by atoms with Crippen molar-refractivity contribution in [2.24, 2.45) is 0 Å². The predicted molar refractivity (Wildman–Crippen MR) is 97.2 cm³/mol. The third-order valence-electron chi connectivity index (χ3n) is 3.82. The van der Waals surface area contributed by atoms with Crippen LogP contribution in [0.15, 0.2) is 72.5 Å². The minimum absolute atomic E-state index is 0.133. The van der Waals surface area contributed by atoms with Crippen molar-refractivity contribution in [1.82, 2.24) is 0 Å². The number of hydrogen-bond acceptors (Lipinski definition) is 3. The van der Waals surface area contributed by atoms with Crippen LogP contribution in [0.2, 0.25) is 5.02 Å². The van der Waals surface area contributed by atoms with Crippen molar-refractivity contribution >= 4 is 29.2 Å². The van der Waals surface area contributed by atoms with E-state index in [0.717, 1.165) is 16.7 Å². The van der Waals surface area contributed by atoms with Crippen molar-refractivity contribution in [1.29, 1.82) is 0 Å². The van der Waals surface area contributed by atoms with Gasteiger partial charge in [-0.2, -0.15) is 0 Å². The van der Waals surface area contributed by atoms with E-state index in [2.05, 4.69) is 11.9 Å². The Labute approximate surface area is 150 Å². The Kier molecular flexibility index (Phi) is 5.00. The molecule has 4 nitrogen and oxygen atoms in total. The van der Waals surface area contributed by atoms with Gasteiger partial charge in [-0.25, -0.2) is 4.79 Å². The van der Waals surface area contributed by atoms with Crippen LogP contribution in [0, 0.1) is 0 Å². The van der Waals surface area contributed by atoms with Crippen molar-refractivity contribution < 1.29 is 14.3 Å². The summed E-state index contributed by atoms with van der Waals surface area (Å²) in [4.78, 5) is 23.3. The number of rotatable bonds is 5. The van der Waals surface area contributed by atoms with E-state index in [9.17, 15) is 9.59 Å². The highest BCUT2D eigenvalue weighted by molar-refractivity contribution is 6.31. The van der Waals surface area contributed by atoms with Crippen molar-refractivity contribution in [3.8, 4) is 0 Å². The van der Waals surface area contributed by atoms with Crippen molar-refractivity contribution in [2.75, 3.05) is 5.32 Å². The molecule has 2 aromatic carbocycles. The quantitative estimate of drug-likeness (QED) is 0.825. The van der Waals surface area contributed by atoms with E-state index in [0.29, 0.717) is 22.9 Å². The van der Waals surface area contributed by atoms with Gasteiger partial charge in [-0.1, -0.05) is 48.5 Å². The van der Waals surface area contributed by atoms with E-state index in [1.165, 1.54) is 6.08 Å². The van der Waals surface area contributed by atoms with Crippen LogP contribution in [0.1, 0.15) is 11.1 Å². The molecule has 0 aromatic heterocycles. The molecule has 25 heavy (non-hydrogen) atoms. The van der Waals surface area contributed by atoms with Gasteiger partial charge < -0.3 is 10.1 Å². The molecule has 0 saturated carbocycles. The van der Waals surface area contributed by atoms with Crippen molar-refractivity contribution in [2.45, 2.75) is 12.8 Å². The second kappa shape index (κ2) is 7.36. The Hall–Kier alpha value is -2.85. The summed E-state index contributed by atoms with van der Waals surface area (Å²) < 4.78 is 4.89. The number of esters is 1. The lowest BCUT2D eigenvalue weighted by Crippen LogP contribution is -2.14. The molecule has 0 saturated heterocycles. The summed E-state index contributed by atoms with van der Waals surface area (Å²) in [5, 5.41) is 3.42. The fourth-order valence-electron chi connectivity index (χ4n) is 2.53. The maximum atomic E-state index is 12.1. The molecule has 1 aliphatic heterocycles. The van der Waals surface area contributed by atoms with E-state index in [4.69, 9.17) is 16.3 Å². The zero-order valence-corrected chi connectivity index (χ0v) is 14.2. The van der Waals surface area contributed by atoms with Crippen LogP contribution in [0.4, 0.5) is 5.69 Å². The maximum Gasteiger partial charge on any atom is 0.336 e. The molecule has 0 atom stereocenters. The van der Waals surface area contributed by atoms with Crippen molar-refractivity contribution in [3.05, 3.63) is 88.7 Å². The lowest BCUT2D eigenvalue weighted by Gasteiger charge is -2.08. The summed E-state index contributed by atoms with van der Waals surface area (Å²) in [7, 11) is 0. The number of amides is 1. The number of anilines is 1. The Morgan fingerprint density at radius 2 is 1.84 bits per heavy atom. The minimum Gasteiger partial charge on any atom is -0.424 e. The lowest BCUT2D eigenvalue weighted by atomic mass is 10.0. The number of nitrogens with one attached hydrogen (secondary N) is 1. The second-order valence-corrected chi connectivity index (χ2v) is 6.11. The smallest absolute Gasteiger partial charge is 0.336 e. The van der Waals surface area contributed by atoms with Gasteiger partial charge in [0, 0.05) is 28.8 Å². The van der Waals surface area contributed by atoms with Crippen LogP contribution in [0.3, 0.4) is 0 Å². The number of carbonyl (C=O) groups excluding carboxylic acids is 2. The van der Waals surface area contributed by atoms with Gasteiger partial charge in [0.1, 0.15) is 5.76 Å². The Morgan fingerprint density at radius 1 is 1.12 bits per heavy atom. The van der Waals surface area contributed by atoms with Gasteiger partial charge >= 0.3 is 5.97 Å². The van der Waals surface area contributed by atoms with E-state index in [-0.39, 0.29) is 18.3 Å². The standard InChI is InChI=1S/C20H16ClNO3/c1-13-16(12-20(24)25-13)10-14-6-8-17(9-7-14)22-19(23)11-15-4-2-3-5-18(15)21/h2-9,12H,1,10-11H2,(H,22,23). The predicted octanol–water partition coefficient (Wildman–Crippen LogP) is 4.06. The number of ether oxygens (including phenoxy) is 1. The summed E-state index contributed by atoms with van der Waals surface area (Å²) in [5.41, 5.74) is 3.25. The van der Waals surface area contributed by atoms with Gasteiger partial charge in [-0.15, -0.1) is 0 Å². The summed E-state index contributed by atoms with van der Waals surface area (Å²) in [6, 6.07) is 14.7. The molecule has 1 aliphatic rings. The Balaban J connectivity index is 1.60. The first kappa shape index (κ1) is 17.0. The molecule has 126 valence electrons. The first-order valence-electron chi connectivity index (χ1n) is 7.75. The maximum absolute atomic E-state index is 12.1. The highest BCUT2D eigenvalue weighted by Crippen LogP contribution is 2.23. The normalized spacial score (nSPS) is 13.4. The fraction of sp³-hybridized carbons (Fsp3) is 0.100. The van der Waals surface area contributed by atoms with Crippen LogP contribution in [-0.2, 0) is 27.2 Å². The number of halogens is 1. The molecular weight excluding hydrogens is 338 g/mol. The zero-order valence-electron chi connectivity index (χ0n) is 13.4. The van der Waals surface area contributed by atoms with Crippen LogP contribution in [0.25, 0.3) is 0 Å². The van der Waals surface area contributed by atoms with Gasteiger partial charge in [0.15, 0.2) is 0 Å². The Morgan fingerprint density at radius 3 is 2.48 bits per heavy atom. The van der Waals surface area contributed by atoms with Crippen molar-refractivity contribution in [3.63, 3.8) is 0 Å². The van der Waals surface area contributed by atoms with E-state index < -0.39 is 0 Å². The van der Waals surface area contributed by atoms with Crippen LogP contribution < -0.4 is 5.32 Å². The van der Waals surface area contributed by atoms with Crippen LogP contribution in [0.5, 0.6) is 0 Å². The largest absolute Gasteiger partial charge is 0.424 e. The number of allylic oxidation sites excluding steroid dienone is 1. The Bertz CT molecular complexity index is 869. The molecule has 0 fully saturated rings. The molecule has 0 unspecified atom stereocenters. The van der Waals surface area contributed by atoms with Gasteiger partial charge in [0.25, 0.3) is 0 Å². The highest BCUT2D eigenvalue weighted by Gasteiger charge is 2.18. The van der Waals surface area contributed by atoms with E-state index >= 15 is 0 Å². The molecule has 0 radical (unpaired) electrons. The molecule has 5 heteroatoms. The van der Waals surface area contributed by atoms with Gasteiger partial charge in [-0.3, -0.25) is 4.79 Å². The molecule has 1 heterocycles. The molecule has 2 aromatic rings. The molecule has 0 spiro atoms. The van der Waals surface area contributed by atoms with Crippen LogP contribution >= 0.6 is 11.6 Å². The van der Waals surface area contributed by atoms with E-state index in [1.54, 1.807) is 6.07 Å². The number of benzene rings is 2. The number of carbonyl (C=O) groups is 2. The topological polar surface area (TPSA) is 55.4 Å². The highest BCUT2D eigenvalue weighted by atomic mass is 35.5. The molecule has 3 rings (SSSR count). The molecular formula is C20H16ClNO3. The molecule has 1 N–H and O–H groups in total. The first-order valence-corrected chi connectivity index (χ1v) is 8.13. The average Bonchev–Trinajstić information content (AvgIpc) is 2.89. The average molecular weight is 354 g/mol. The summed E-state index contributed by atoms with van der Waals surface area (Å²) in [6.45, 7) is 3.71. The summed E-state index contributed by atoms with van der Waals surface area (Å²) in [5.74, 6) is -0.127. The molecule has 0 aliphatic carbocycles. The second-order valence-electron chi connectivity index (χ2n) is 5.70. The van der Waals surface area contributed by atoms with E-state index in [1.807, 2.05) is 42.5 Å². The third-order valence-corrected chi connectivity index (χ3v) is 4.18. The summed E-state index contributed by atoms with van der Waals surface area (Å²) >= 11 is 6.07. The SMILES string of the molecule is C=C1OC(=O)C=C1Cc1ccc(NC(=O)Cc2ccccc2Cl)cc1. The lowest BCUT2D eigenvalue weighted by molar-refractivity contribution is -0.132. The third kappa shape index (κ3) is 4.37. The minimum atomic E-state index is -0.386. The number of hydrogen-bond donors (Lipinski definition) is 1. The molecule has 1 amide bonds. The molecule has 0 bridgehead atoms. The fourth-order valence-corrected chi connectivity index (χ4v) is 2.74. The number of cyclic esters (lactones) is 1. The zero-order chi connectivity index (χ0) is 17.8. The first-order chi connectivity index (χ1) is 12.0. The van der Waals surface area contributed by atoms with Gasteiger partial charge in [0.2, 0.25) is 5.91 Å². The summed E-state index contributed by atoms with van der Waals surface area (Å²) in [6.07, 6.45) is 2.22. The van der Waals surface area contributed by atoms with Gasteiger partial charge in [-0.05, 0) is 29.3 Å².